The second kappa shape index (κ2) is 6.01. The maximum Gasteiger partial charge on any atom is 0.166 e. The van der Waals surface area contributed by atoms with Gasteiger partial charge in [-0.2, -0.15) is 0 Å². The highest BCUT2D eigenvalue weighted by Crippen LogP contribution is 2.15. The molecule has 90 valence electrons. The molecule has 16 heavy (non-hydrogen) atoms. The molecule has 1 aromatic heterocycles. The molecule has 0 radical (unpaired) electrons. The van der Waals surface area contributed by atoms with Gasteiger partial charge in [0.2, 0.25) is 0 Å². The standard InChI is InChI=1S/C11H17ClFN3/c1-7(2)3-9(14)6-16-11-10(13)4-8(12)5-15-11/h4-5,7,9H,3,6,14H2,1-2H3,(H,15,16). The Morgan fingerprint density at radius 2 is 2.25 bits per heavy atom. The molecule has 0 fully saturated rings. The van der Waals surface area contributed by atoms with Crippen molar-refractivity contribution in [1.82, 2.24) is 4.98 Å². The van der Waals surface area contributed by atoms with Crippen LogP contribution in [0.15, 0.2) is 12.3 Å². The van der Waals surface area contributed by atoms with Crippen molar-refractivity contribution in [1.29, 1.82) is 0 Å². The lowest BCUT2D eigenvalue weighted by atomic mass is 10.0. The van der Waals surface area contributed by atoms with Gasteiger partial charge < -0.3 is 11.1 Å². The SMILES string of the molecule is CC(C)CC(N)CNc1ncc(Cl)cc1F. The van der Waals surface area contributed by atoms with E-state index < -0.39 is 5.82 Å². The molecule has 1 unspecified atom stereocenters. The van der Waals surface area contributed by atoms with Crippen LogP contribution in [-0.2, 0) is 0 Å². The molecule has 0 saturated carbocycles. The zero-order chi connectivity index (χ0) is 12.1. The van der Waals surface area contributed by atoms with Gasteiger partial charge in [0.25, 0.3) is 0 Å². The fourth-order valence-electron chi connectivity index (χ4n) is 1.46. The highest BCUT2D eigenvalue weighted by atomic mass is 35.5. The minimum Gasteiger partial charge on any atom is -0.366 e. The van der Waals surface area contributed by atoms with Crippen LogP contribution in [0.5, 0.6) is 0 Å². The normalized spacial score (nSPS) is 12.9. The molecule has 0 aliphatic carbocycles. The average Bonchev–Trinajstić information content (AvgIpc) is 2.15. The van der Waals surface area contributed by atoms with Crippen molar-refractivity contribution in [3.8, 4) is 0 Å². The number of anilines is 1. The quantitative estimate of drug-likeness (QED) is 0.839. The van der Waals surface area contributed by atoms with Gasteiger partial charge in [-0.3, -0.25) is 0 Å². The number of nitrogens with one attached hydrogen (secondary N) is 1. The van der Waals surface area contributed by atoms with Crippen molar-refractivity contribution >= 4 is 17.4 Å². The number of rotatable bonds is 5. The van der Waals surface area contributed by atoms with Crippen molar-refractivity contribution in [2.75, 3.05) is 11.9 Å². The van der Waals surface area contributed by atoms with Crippen molar-refractivity contribution in [2.24, 2.45) is 11.7 Å². The zero-order valence-electron chi connectivity index (χ0n) is 9.50. The molecular weight excluding hydrogens is 229 g/mol. The van der Waals surface area contributed by atoms with E-state index in [9.17, 15) is 4.39 Å². The number of aromatic nitrogens is 1. The Labute approximate surface area is 100 Å². The summed E-state index contributed by atoms with van der Waals surface area (Å²) < 4.78 is 13.3. The van der Waals surface area contributed by atoms with Crippen LogP contribution in [0.4, 0.5) is 10.2 Å². The van der Waals surface area contributed by atoms with Gasteiger partial charge in [0.1, 0.15) is 0 Å². The molecule has 0 bridgehead atoms. The van der Waals surface area contributed by atoms with Crippen molar-refractivity contribution in [2.45, 2.75) is 26.3 Å². The maximum absolute atomic E-state index is 13.3. The summed E-state index contributed by atoms with van der Waals surface area (Å²) in [6.45, 7) is 4.70. The second-order valence-corrected chi connectivity index (χ2v) is 4.69. The second-order valence-electron chi connectivity index (χ2n) is 4.25. The number of hydrogen-bond acceptors (Lipinski definition) is 3. The van der Waals surface area contributed by atoms with Gasteiger partial charge in [0, 0.05) is 18.8 Å². The van der Waals surface area contributed by atoms with Crippen LogP contribution in [0.2, 0.25) is 5.02 Å². The average molecular weight is 246 g/mol. The third-order valence-corrected chi connectivity index (χ3v) is 2.32. The predicted molar refractivity (Wildman–Crippen MR) is 65.1 cm³/mol. The van der Waals surface area contributed by atoms with Crippen molar-refractivity contribution < 1.29 is 4.39 Å². The molecule has 0 amide bonds. The van der Waals surface area contributed by atoms with Gasteiger partial charge in [-0.15, -0.1) is 0 Å². The summed E-state index contributed by atoms with van der Waals surface area (Å²) in [6.07, 6.45) is 2.29. The number of pyridine rings is 1. The lowest BCUT2D eigenvalue weighted by Gasteiger charge is -2.15. The predicted octanol–water partition coefficient (Wildman–Crippen LogP) is 2.66. The molecule has 1 aromatic rings. The molecule has 1 atom stereocenters. The van der Waals surface area contributed by atoms with Crippen molar-refractivity contribution in [3.63, 3.8) is 0 Å². The Hall–Kier alpha value is -0.870. The monoisotopic (exact) mass is 245 g/mol. The summed E-state index contributed by atoms with van der Waals surface area (Å²) in [6, 6.07) is 1.22. The van der Waals surface area contributed by atoms with Crippen molar-refractivity contribution in [3.05, 3.63) is 23.1 Å². The molecule has 0 aliphatic heterocycles. The minimum absolute atomic E-state index is 0.00289. The summed E-state index contributed by atoms with van der Waals surface area (Å²) in [5, 5.41) is 3.16. The first-order valence-corrected chi connectivity index (χ1v) is 5.67. The first-order valence-electron chi connectivity index (χ1n) is 5.29. The van der Waals surface area contributed by atoms with E-state index in [-0.39, 0.29) is 16.9 Å². The number of halogens is 2. The van der Waals surface area contributed by atoms with E-state index in [2.05, 4.69) is 24.1 Å². The smallest absolute Gasteiger partial charge is 0.166 e. The molecule has 3 nitrogen and oxygen atoms in total. The van der Waals surface area contributed by atoms with Gasteiger partial charge in [0.05, 0.1) is 5.02 Å². The maximum atomic E-state index is 13.3. The van der Waals surface area contributed by atoms with E-state index >= 15 is 0 Å². The first kappa shape index (κ1) is 13.2. The Morgan fingerprint density at radius 3 is 2.81 bits per heavy atom. The fourth-order valence-corrected chi connectivity index (χ4v) is 1.61. The Morgan fingerprint density at radius 1 is 1.56 bits per heavy atom. The Balaban J connectivity index is 2.48. The Kier molecular flexibility index (Phi) is 4.96. The van der Waals surface area contributed by atoms with E-state index in [1.54, 1.807) is 0 Å². The number of nitrogens with zero attached hydrogens (tertiary/aromatic N) is 1. The zero-order valence-corrected chi connectivity index (χ0v) is 10.3. The molecule has 5 heteroatoms. The lowest BCUT2D eigenvalue weighted by Crippen LogP contribution is -2.30. The molecule has 0 aliphatic rings. The number of hydrogen-bond donors (Lipinski definition) is 2. The summed E-state index contributed by atoms with van der Waals surface area (Å²) in [7, 11) is 0. The van der Waals surface area contributed by atoms with Crippen LogP contribution in [0.3, 0.4) is 0 Å². The van der Waals surface area contributed by atoms with Gasteiger partial charge in [0.15, 0.2) is 11.6 Å². The molecule has 0 aromatic carbocycles. The largest absolute Gasteiger partial charge is 0.366 e. The van der Waals surface area contributed by atoms with Gasteiger partial charge in [-0.25, -0.2) is 9.37 Å². The highest BCUT2D eigenvalue weighted by molar-refractivity contribution is 6.30. The van der Waals surface area contributed by atoms with E-state index in [0.29, 0.717) is 12.5 Å². The van der Waals surface area contributed by atoms with E-state index in [1.165, 1.54) is 12.3 Å². The molecule has 3 N–H and O–H groups in total. The van der Waals surface area contributed by atoms with Gasteiger partial charge in [-0.1, -0.05) is 25.4 Å². The summed E-state index contributed by atoms with van der Waals surface area (Å²) >= 11 is 5.59. The number of nitrogens with two attached hydrogens (primary N) is 1. The molecular formula is C11H17ClFN3. The van der Waals surface area contributed by atoms with E-state index in [4.69, 9.17) is 17.3 Å². The first-order chi connectivity index (χ1) is 7.49. The Bertz CT molecular complexity index is 344. The lowest BCUT2D eigenvalue weighted by molar-refractivity contribution is 0.507. The van der Waals surface area contributed by atoms with Crippen LogP contribution in [0, 0.1) is 11.7 Å². The molecule has 1 rings (SSSR count). The van der Waals surface area contributed by atoms with Crippen LogP contribution in [-0.4, -0.2) is 17.6 Å². The third-order valence-electron chi connectivity index (χ3n) is 2.11. The summed E-state index contributed by atoms with van der Waals surface area (Å²) in [5.41, 5.74) is 5.86. The van der Waals surface area contributed by atoms with E-state index in [0.717, 1.165) is 6.42 Å². The van der Waals surface area contributed by atoms with Crippen LogP contribution in [0.1, 0.15) is 20.3 Å². The third kappa shape index (κ3) is 4.33. The highest BCUT2D eigenvalue weighted by Gasteiger charge is 2.08. The molecule has 0 saturated heterocycles. The summed E-state index contributed by atoms with van der Waals surface area (Å²) in [5.74, 6) is 0.271. The fraction of sp³-hybridized carbons (Fsp3) is 0.545. The molecule has 1 heterocycles. The van der Waals surface area contributed by atoms with Crippen LogP contribution in [0.25, 0.3) is 0 Å². The minimum atomic E-state index is -0.454. The van der Waals surface area contributed by atoms with Gasteiger partial charge >= 0.3 is 0 Å². The topological polar surface area (TPSA) is 50.9 Å². The van der Waals surface area contributed by atoms with Crippen LogP contribution < -0.4 is 11.1 Å². The molecule has 0 spiro atoms. The van der Waals surface area contributed by atoms with E-state index in [1.807, 2.05) is 0 Å². The van der Waals surface area contributed by atoms with Crippen LogP contribution >= 0.6 is 11.6 Å². The summed E-state index contributed by atoms with van der Waals surface area (Å²) in [4.78, 5) is 3.86. The van der Waals surface area contributed by atoms with Gasteiger partial charge in [-0.05, 0) is 18.4 Å².